The molecule has 4 aromatic carbocycles. The number of carbonyl (C=O) groups is 2. The number of benzene rings is 4. The zero-order chi connectivity index (χ0) is 27.4. The fourth-order valence-electron chi connectivity index (χ4n) is 3.99. The van der Waals surface area contributed by atoms with Gasteiger partial charge in [0.15, 0.2) is 5.75 Å². The maximum atomic E-state index is 14.2. The summed E-state index contributed by atoms with van der Waals surface area (Å²) in [5.74, 6) is -0.903. The van der Waals surface area contributed by atoms with Crippen LogP contribution in [-0.4, -0.2) is 17.1 Å². The molecule has 38 heavy (non-hydrogen) atoms. The van der Waals surface area contributed by atoms with Gasteiger partial charge in [-0.25, -0.2) is 14.0 Å². The molecule has 0 saturated heterocycles. The lowest BCUT2D eigenvalue weighted by molar-refractivity contribution is 0.0696. The minimum absolute atomic E-state index is 0.175. The number of hydrogen-bond acceptors (Lipinski definition) is 3. The number of para-hydroxylation sites is 1. The second-order valence-electron chi connectivity index (χ2n) is 10.0. The summed E-state index contributed by atoms with van der Waals surface area (Å²) in [5, 5.41) is 15.0. The van der Waals surface area contributed by atoms with E-state index in [-0.39, 0.29) is 11.0 Å². The lowest BCUT2D eigenvalue weighted by Gasteiger charge is -2.23. The average Bonchev–Trinajstić information content (AvgIpc) is 2.85. The first-order valence-corrected chi connectivity index (χ1v) is 12.1. The van der Waals surface area contributed by atoms with E-state index in [4.69, 9.17) is 4.74 Å². The molecule has 0 spiro atoms. The normalized spacial score (nSPS) is 11.1. The maximum absolute atomic E-state index is 14.2. The molecule has 0 bridgehead atoms. The molecule has 0 radical (unpaired) electrons. The number of hydrogen-bond donors (Lipinski definition) is 3. The summed E-state index contributed by atoms with van der Waals surface area (Å²) in [5.41, 5.74) is 3.48. The minimum Gasteiger partial charge on any atom is -0.478 e. The summed E-state index contributed by atoms with van der Waals surface area (Å²) in [6.07, 6.45) is 0. The van der Waals surface area contributed by atoms with Crippen LogP contribution in [0, 0.1) is 12.7 Å². The summed E-state index contributed by atoms with van der Waals surface area (Å²) in [4.78, 5) is 24.4. The Morgan fingerprint density at radius 2 is 1.53 bits per heavy atom. The molecule has 7 heteroatoms. The Balaban J connectivity index is 1.74. The summed E-state index contributed by atoms with van der Waals surface area (Å²) in [6.45, 7) is 8.19. The van der Waals surface area contributed by atoms with E-state index >= 15 is 0 Å². The maximum Gasteiger partial charge on any atom is 0.335 e. The van der Waals surface area contributed by atoms with Crippen LogP contribution in [-0.2, 0) is 5.41 Å². The number of nitrogens with one attached hydrogen (secondary N) is 2. The highest BCUT2D eigenvalue weighted by Crippen LogP contribution is 2.38. The number of carbonyl (C=O) groups excluding carboxylic acids is 1. The zero-order valence-corrected chi connectivity index (χ0v) is 21.6. The third kappa shape index (κ3) is 6.37. The largest absolute Gasteiger partial charge is 0.478 e. The number of anilines is 2. The number of carboxylic acids is 1. The Bertz CT molecular complexity index is 1490. The second-order valence-corrected chi connectivity index (χ2v) is 10.0. The van der Waals surface area contributed by atoms with E-state index in [1.807, 2.05) is 43.3 Å². The highest BCUT2D eigenvalue weighted by Gasteiger charge is 2.20. The van der Waals surface area contributed by atoms with E-state index < -0.39 is 17.8 Å². The van der Waals surface area contributed by atoms with Crippen molar-refractivity contribution in [3.05, 3.63) is 107 Å². The number of halogens is 1. The number of aromatic carboxylic acids is 1. The molecule has 0 aliphatic rings. The van der Waals surface area contributed by atoms with Crippen LogP contribution in [0.2, 0.25) is 0 Å². The lowest BCUT2D eigenvalue weighted by atomic mass is 9.86. The number of amides is 2. The second kappa shape index (κ2) is 10.8. The number of aryl methyl sites for hydroxylation is 1. The van der Waals surface area contributed by atoms with Crippen molar-refractivity contribution in [2.75, 3.05) is 10.6 Å². The van der Waals surface area contributed by atoms with Crippen LogP contribution in [0.1, 0.15) is 42.3 Å². The van der Waals surface area contributed by atoms with Gasteiger partial charge in [0.25, 0.3) is 0 Å². The van der Waals surface area contributed by atoms with E-state index in [0.717, 1.165) is 17.2 Å². The summed E-state index contributed by atoms with van der Waals surface area (Å²) >= 11 is 0. The minimum atomic E-state index is -1.24. The van der Waals surface area contributed by atoms with E-state index in [9.17, 15) is 19.1 Å². The number of rotatable bonds is 6. The molecule has 0 aliphatic carbocycles. The Kier molecular flexibility index (Phi) is 7.48. The van der Waals surface area contributed by atoms with Gasteiger partial charge in [-0.2, -0.15) is 0 Å². The first-order valence-electron chi connectivity index (χ1n) is 12.1. The quantitative estimate of drug-likeness (QED) is 0.243. The standard InChI is InChI=1S/C31H29FN2O4/c1-19-9-12-24(13-10-19)33-30(37)34-26-18-20(21-15-22(29(35)36)17-23(32)16-21)11-14-28(26)38-27-8-6-5-7-25(27)31(2,3)4/h5-18H,1-4H3,(H,35,36)(H2,33,34,37). The topological polar surface area (TPSA) is 87.7 Å². The highest BCUT2D eigenvalue weighted by molar-refractivity contribution is 6.01. The third-order valence-corrected chi connectivity index (χ3v) is 5.93. The lowest BCUT2D eigenvalue weighted by Crippen LogP contribution is -2.20. The molecule has 4 rings (SSSR count). The Morgan fingerprint density at radius 3 is 2.21 bits per heavy atom. The molecule has 0 aromatic heterocycles. The van der Waals surface area contributed by atoms with Gasteiger partial charge in [-0.05, 0) is 72.0 Å². The molecule has 0 aliphatic heterocycles. The van der Waals surface area contributed by atoms with Crippen molar-refractivity contribution < 1.29 is 23.8 Å². The van der Waals surface area contributed by atoms with Crippen molar-refractivity contribution in [3.8, 4) is 22.6 Å². The van der Waals surface area contributed by atoms with Gasteiger partial charge in [-0.3, -0.25) is 0 Å². The first kappa shape index (κ1) is 26.4. The Hall–Kier alpha value is -4.65. The van der Waals surface area contributed by atoms with Gasteiger partial charge < -0.3 is 20.5 Å². The number of ether oxygens (including phenoxy) is 1. The molecule has 0 unspecified atom stereocenters. The predicted octanol–water partition coefficient (Wildman–Crippen LogP) is 8.23. The molecular formula is C31H29FN2O4. The smallest absolute Gasteiger partial charge is 0.335 e. The highest BCUT2D eigenvalue weighted by atomic mass is 19.1. The summed E-state index contributed by atoms with van der Waals surface area (Å²) < 4.78 is 20.5. The van der Waals surface area contributed by atoms with Gasteiger partial charge in [0.05, 0.1) is 11.3 Å². The summed E-state index contributed by atoms with van der Waals surface area (Å²) in [6, 6.07) is 23.1. The SMILES string of the molecule is Cc1ccc(NC(=O)Nc2cc(-c3cc(F)cc(C(=O)O)c3)ccc2Oc2ccccc2C(C)(C)C)cc1. The molecule has 0 saturated carbocycles. The molecule has 0 heterocycles. The molecule has 2 amide bonds. The first-order chi connectivity index (χ1) is 18.0. The summed E-state index contributed by atoms with van der Waals surface area (Å²) in [7, 11) is 0. The number of carboxylic acid groups (broad SMARTS) is 1. The van der Waals surface area contributed by atoms with Crippen LogP contribution in [0.25, 0.3) is 11.1 Å². The van der Waals surface area contributed by atoms with Gasteiger partial charge in [0, 0.05) is 11.3 Å². The van der Waals surface area contributed by atoms with Crippen molar-refractivity contribution in [2.45, 2.75) is 33.1 Å². The molecule has 194 valence electrons. The van der Waals surface area contributed by atoms with Crippen LogP contribution < -0.4 is 15.4 Å². The number of urea groups is 1. The predicted molar refractivity (Wildman–Crippen MR) is 148 cm³/mol. The fraction of sp³-hybridized carbons (Fsp3) is 0.161. The molecule has 6 nitrogen and oxygen atoms in total. The average molecular weight is 513 g/mol. The van der Waals surface area contributed by atoms with Crippen LogP contribution in [0.15, 0.2) is 84.9 Å². The Labute approximate surface area is 221 Å². The van der Waals surface area contributed by atoms with E-state index in [1.54, 1.807) is 30.3 Å². The molecule has 0 atom stereocenters. The van der Waals surface area contributed by atoms with Gasteiger partial charge >= 0.3 is 12.0 Å². The van der Waals surface area contributed by atoms with Gasteiger partial charge in [0.1, 0.15) is 11.6 Å². The van der Waals surface area contributed by atoms with E-state index in [1.165, 1.54) is 12.1 Å². The van der Waals surface area contributed by atoms with Crippen molar-refractivity contribution in [1.29, 1.82) is 0 Å². The van der Waals surface area contributed by atoms with Crippen molar-refractivity contribution in [3.63, 3.8) is 0 Å². The van der Waals surface area contributed by atoms with E-state index in [0.29, 0.717) is 34.0 Å². The van der Waals surface area contributed by atoms with Gasteiger partial charge in [-0.15, -0.1) is 0 Å². The molecule has 4 aromatic rings. The fourth-order valence-corrected chi connectivity index (χ4v) is 3.99. The molecule has 3 N–H and O–H groups in total. The van der Waals surface area contributed by atoms with Crippen molar-refractivity contribution >= 4 is 23.4 Å². The Morgan fingerprint density at radius 1 is 0.816 bits per heavy atom. The van der Waals surface area contributed by atoms with Crippen LogP contribution in [0.5, 0.6) is 11.5 Å². The van der Waals surface area contributed by atoms with Crippen molar-refractivity contribution in [1.82, 2.24) is 0 Å². The van der Waals surface area contributed by atoms with Crippen molar-refractivity contribution in [2.24, 2.45) is 0 Å². The molecule has 0 fully saturated rings. The van der Waals surface area contributed by atoms with E-state index in [2.05, 4.69) is 31.4 Å². The van der Waals surface area contributed by atoms with Crippen LogP contribution in [0.4, 0.5) is 20.6 Å². The monoisotopic (exact) mass is 512 g/mol. The zero-order valence-electron chi connectivity index (χ0n) is 21.6. The van der Waals surface area contributed by atoms with Gasteiger partial charge in [-0.1, -0.05) is 62.7 Å². The third-order valence-electron chi connectivity index (χ3n) is 5.93. The van der Waals surface area contributed by atoms with Crippen LogP contribution >= 0.6 is 0 Å². The van der Waals surface area contributed by atoms with Gasteiger partial charge in [0.2, 0.25) is 0 Å². The van der Waals surface area contributed by atoms with Crippen LogP contribution in [0.3, 0.4) is 0 Å². The molecular weight excluding hydrogens is 483 g/mol.